The Morgan fingerprint density at radius 1 is 0.841 bits per heavy atom. The van der Waals surface area contributed by atoms with E-state index in [0.29, 0.717) is 46.9 Å². The predicted molar refractivity (Wildman–Crippen MR) is 175 cm³/mol. The fraction of sp³-hybridized carbons (Fsp3) is 0.222. The number of ether oxygens (including phenoxy) is 3. The van der Waals surface area contributed by atoms with E-state index >= 15 is 0 Å². The number of hydrogen-bond donors (Lipinski definition) is 1. The second-order valence-corrected chi connectivity index (χ2v) is 11.9. The van der Waals surface area contributed by atoms with Crippen molar-refractivity contribution in [3.63, 3.8) is 0 Å². The third kappa shape index (κ3) is 5.35. The lowest BCUT2D eigenvalue weighted by atomic mass is 9.78. The Labute approximate surface area is 265 Å². The molecule has 224 valence electrons. The van der Waals surface area contributed by atoms with Gasteiger partial charge in [-0.1, -0.05) is 70.0 Å². The number of aryl methyl sites for hydroxylation is 1. The molecule has 0 saturated heterocycles. The summed E-state index contributed by atoms with van der Waals surface area (Å²) in [5.41, 5.74) is 6.26. The molecule has 7 nitrogen and oxygen atoms in total. The number of nitrogens with zero attached hydrogens (tertiary/aromatic N) is 1. The number of carbonyl (C=O) groups is 2. The summed E-state index contributed by atoms with van der Waals surface area (Å²) in [6.07, 6.45) is 0.978. The van der Waals surface area contributed by atoms with Crippen molar-refractivity contribution in [1.82, 2.24) is 0 Å². The second kappa shape index (κ2) is 12.2. The molecule has 1 heterocycles. The Kier molecular flexibility index (Phi) is 8.19. The smallest absolute Gasteiger partial charge is 0.259 e. The van der Waals surface area contributed by atoms with Gasteiger partial charge in [-0.3, -0.25) is 14.5 Å². The molecule has 6 rings (SSSR count). The van der Waals surface area contributed by atoms with Gasteiger partial charge in [-0.05, 0) is 66.8 Å². The number of Topliss-reactive ketones (excluding diaryl/α,β-unsaturated/α-hetero) is 1. The number of allylic oxidation sites excluding steroid dienone is 1. The quantitative estimate of drug-likeness (QED) is 0.227. The van der Waals surface area contributed by atoms with Crippen LogP contribution in [0.15, 0.2) is 101 Å². The van der Waals surface area contributed by atoms with Crippen LogP contribution < -0.4 is 24.4 Å². The van der Waals surface area contributed by atoms with Gasteiger partial charge in [0.15, 0.2) is 17.3 Å². The topological polar surface area (TPSA) is 77.1 Å². The molecule has 0 bridgehead atoms. The SMILES string of the molecule is COc1cc(C(=O)N2c3ccccc3NC3=C(C(=O)C[C@@H](c4ccc(C)cc4)C3)[C@H]2c2cccc(Br)c2)cc(OC)c1OC. The van der Waals surface area contributed by atoms with Crippen molar-refractivity contribution >= 4 is 39.0 Å². The van der Waals surface area contributed by atoms with E-state index in [2.05, 4.69) is 52.4 Å². The zero-order valence-corrected chi connectivity index (χ0v) is 26.6. The first-order chi connectivity index (χ1) is 21.3. The van der Waals surface area contributed by atoms with Crippen molar-refractivity contribution in [1.29, 1.82) is 0 Å². The van der Waals surface area contributed by atoms with Crippen LogP contribution in [0.1, 0.15) is 51.8 Å². The lowest BCUT2D eigenvalue weighted by Crippen LogP contribution is -2.38. The number of amides is 1. The standard InChI is InChI=1S/C36H33BrN2O5/c1-21-12-14-22(15-13-21)24-17-28-33(30(40)18-24)34(23-8-7-9-26(37)16-23)39(29-11-6-5-10-27(29)38-28)36(41)25-19-31(42-2)35(44-4)32(20-25)43-3/h5-16,19-20,24,34,38H,17-18H2,1-4H3/t24-,34+/m0/s1. The van der Waals surface area contributed by atoms with E-state index in [9.17, 15) is 9.59 Å². The number of ketones is 1. The maximum absolute atomic E-state index is 14.8. The summed E-state index contributed by atoms with van der Waals surface area (Å²) in [7, 11) is 4.56. The highest BCUT2D eigenvalue weighted by molar-refractivity contribution is 9.10. The molecule has 4 aromatic rings. The van der Waals surface area contributed by atoms with Gasteiger partial charge < -0.3 is 19.5 Å². The lowest BCUT2D eigenvalue weighted by molar-refractivity contribution is -0.116. The van der Waals surface area contributed by atoms with E-state index in [0.717, 1.165) is 27.0 Å². The minimum atomic E-state index is -0.697. The number of para-hydroxylation sites is 2. The lowest BCUT2D eigenvalue weighted by Gasteiger charge is -2.35. The first-order valence-electron chi connectivity index (χ1n) is 14.4. The van der Waals surface area contributed by atoms with Crippen molar-refractivity contribution in [2.24, 2.45) is 0 Å². The number of benzene rings is 4. The fourth-order valence-electron chi connectivity index (χ4n) is 6.22. The number of hydrogen-bond acceptors (Lipinski definition) is 6. The summed E-state index contributed by atoms with van der Waals surface area (Å²) in [4.78, 5) is 30.9. The van der Waals surface area contributed by atoms with E-state index < -0.39 is 6.04 Å². The fourth-order valence-corrected chi connectivity index (χ4v) is 6.64. The molecule has 0 saturated carbocycles. The molecule has 44 heavy (non-hydrogen) atoms. The summed E-state index contributed by atoms with van der Waals surface area (Å²) in [5, 5.41) is 3.60. The highest BCUT2D eigenvalue weighted by Gasteiger charge is 2.42. The average Bonchev–Trinajstić information content (AvgIpc) is 3.18. The van der Waals surface area contributed by atoms with Crippen molar-refractivity contribution in [2.45, 2.75) is 31.7 Å². The minimum absolute atomic E-state index is 0.00444. The van der Waals surface area contributed by atoms with Crippen LogP contribution in [-0.4, -0.2) is 33.0 Å². The maximum atomic E-state index is 14.8. The van der Waals surface area contributed by atoms with Crippen LogP contribution in [0.2, 0.25) is 0 Å². The molecule has 8 heteroatoms. The van der Waals surface area contributed by atoms with Gasteiger partial charge in [0.25, 0.3) is 5.91 Å². The molecule has 0 aromatic heterocycles. The first-order valence-corrected chi connectivity index (χ1v) is 15.2. The van der Waals surface area contributed by atoms with Crippen LogP contribution in [0.5, 0.6) is 17.2 Å². The van der Waals surface area contributed by atoms with Gasteiger partial charge in [0.05, 0.1) is 38.7 Å². The Bertz CT molecular complexity index is 1760. The van der Waals surface area contributed by atoms with Gasteiger partial charge in [0, 0.05) is 27.7 Å². The molecule has 0 spiro atoms. The Hall–Kier alpha value is -4.56. The Morgan fingerprint density at radius 3 is 2.20 bits per heavy atom. The summed E-state index contributed by atoms with van der Waals surface area (Å²) in [5.74, 6) is 0.829. The third-order valence-corrected chi connectivity index (χ3v) is 8.83. The molecule has 1 aliphatic carbocycles. The normalized spacial score (nSPS) is 17.7. The number of methoxy groups -OCH3 is 3. The first kappa shape index (κ1) is 29.5. The van der Waals surface area contributed by atoms with E-state index in [-0.39, 0.29) is 17.6 Å². The van der Waals surface area contributed by atoms with Crippen LogP contribution in [0.25, 0.3) is 0 Å². The second-order valence-electron chi connectivity index (χ2n) is 11.0. The third-order valence-electron chi connectivity index (χ3n) is 8.33. The van der Waals surface area contributed by atoms with Crippen LogP contribution in [0.3, 0.4) is 0 Å². The molecule has 2 aliphatic rings. The number of halogens is 1. The van der Waals surface area contributed by atoms with Gasteiger partial charge in [0.1, 0.15) is 0 Å². The van der Waals surface area contributed by atoms with Crippen LogP contribution in [0.4, 0.5) is 11.4 Å². The molecule has 4 aromatic carbocycles. The van der Waals surface area contributed by atoms with Crippen LogP contribution >= 0.6 is 15.9 Å². The van der Waals surface area contributed by atoms with Gasteiger partial charge in [-0.25, -0.2) is 0 Å². The molecule has 0 radical (unpaired) electrons. The number of fused-ring (bicyclic) bond motifs is 1. The number of nitrogens with one attached hydrogen (secondary N) is 1. The molecule has 1 N–H and O–H groups in total. The van der Waals surface area contributed by atoms with E-state index in [4.69, 9.17) is 14.2 Å². The number of anilines is 2. The van der Waals surface area contributed by atoms with Crippen LogP contribution in [-0.2, 0) is 4.79 Å². The summed E-state index contributed by atoms with van der Waals surface area (Å²) >= 11 is 3.62. The molecule has 2 atom stereocenters. The molecular weight excluding hydrogens is 620 g/mol. The zero-order valence-electron chi connectivity index (χ0n) is 25.0. The molecular formula is C36H33BrN2O5. The highest BCUT2D eigenvalue weighted by Crippen LogP contribution is 2.49. The number of carbonyl (C=O) groups excluding carboxylic acids is 2. The minimum Gasteiger partial charge on any atom is -0.493 e. The van der Waals surface area contributed by atoms with Crippen molar-refractivity contribution < 1.29 is 23.8 Å². The predicted octanol–water partition coefficient (Wildman–Crippen LogP) is 8.00. The Balaban J connectivity index is 1.57. The molecule has 0 unspecified atom stereocenters. The monoisotopic (exact) mass is 652 g/mol. The largest absolute Gasteiger partial charge is 0.493 e. The van der Waals surface area contributed by atoms with Gasteiger partial charge >= 0.3 is 0 Å². The summed E-state index contributed by atoms with van der Waals surface area (Å²) < 4.78 is 17.5. The zero-order chi connectivity index (χ0) is 31.0. The van der Waals surface area contributed by atoms with Crippen molar-refractivity contribution in [2.75, 3.05) is 31.5 Å². The maximum Gasteiger partial charge on any atom is 0.259 e. The van der Waals surface area contributed by atoms with E-state index in [1.165, 1.54) is 26.9 Å². The average molecular weight is 654 g/mol. The molecule has 1 aliphatic heterocycles. The Morgan fingerprint density at radius 2 is 1.55 bits per heavy atom. The van der Waals surface area contributed by atoms with Crippen molar-refractivity contribution in [3.8, 4) is 17.2 Å². The molecule has 1 amide bonds. The van der Waals surface area contributed by atoms with Gasteiger partial charge in [-0.2, -0.15) is 0 Å². The molecule has 0 fully saturated rings. The summed E-state index contributed by atoms with van der Waals surface area (Å²) in [6.45, 7) is 2.06. The van der Waals surface area contributed by atoms with Gasteiger partial charge in [0.2, 0.25) is 5.75 Å². The number of rotatable bonds is 6. The van der Waals surface area contributed by atoms with Gasteiger partial charge in [-0.15, -0.1) is 0 Å². The van der Waals surface area contributed by atoms with E-state index in [1.54, 1.807) is 17.0 Å². The van der Waals surface area contributed by atoms with Crippen molar-refractivity contribution in [3.05, 3.63) is 123 Å². The van der Waals surface area contributed by atoms with E-state index in [1.807, 2.05) is 48.5 Å². The summed E-state index contributed by atoms with van der Waals surface area (Å²) in [6, 6.07) is 26.4. The highest BCUT2D eigenvalue weighted by atomic mass is 79.9. The van der Waals surface area contributed by atoms with Crippen LogP contribution in [0, 0.1) is 6.92 Å².